The highest BCUT2D eigenvalue weighted by atomic mass is 32.2. The molecule has 2 aromatic rings. The molecule has 1 saturated heterocycles. The summed E-state index contributed by atoms with van der Waals surface area (Å²) in [5, 5.41) is 7.75. The lowest BCUT2D eigenvalue weighted by Gasteiger charge is -2.35. The van der Waals surface area contributed by atoms with Gasteiger partial charge in [0, 0.05) is 26.2 Å². The number of carbonyl (C=O) groups excluding carboxylic acids is 1. The molecule has 3 rings (SSSR count). The van der Waals surface area contributed by atoms with Gasteiger partial charge in [0.15, 0.2) is 0 Å². The summed E-state index contributed by atoms with van der Waals surface area (Å²) < 4.78 is 19.3. The second-order valence-electron chi connectivity index (χ2n) is 5.87. The van der Waals surface area contributed by atoms with Crippen LogP contribution in [0.25, 0.3) is 11.5 Å². The Kier molecular flexibility index (Phi) is 5.70. The number of piperazine rings is 1. The van der Waals surface area contributed by atoms with E-state index in [1.807, 2.05) is 11.8 Å². The number of hydrogen-bond donors (Lipinski definition) is 0. The zero-order valence-electron chi connectivity index (χ0n) is 14.3. The third-order valence-corrected chi connectivity index (χ3v) is 5.19. The summed E-state index contributed by atoms with van der Waals surface area (Å²) in [4.78, 5) is 16.8. The Bertz CT molecular complexity index is 731. The van der Waals surface area contributed by atoms with Crippen LogP contribution < -0.4 is 0 Å². The molecule has 1 aromatic carbocycles. The van der Waals surface area contributed by atoms with E-state index in [2.05, 4.69) is 22.0 Å². The summed E-state index contributed by atoms with van der Waals surface area (Å²) in [6.07, 6.45) is 0. The molecule has 0 bridgehead atoms. The number of thioether (sulfide) groups is 1. The van der Waals surface area contributed by atoms with Crippen LogP contribution in [-0.2, 0) is 4.79 Å². The van der Waals surface area contributed by atoms with Gasteiger partial charge in [0.1, 0.15) is 5.82 Å². The molecule has 1 fully saturated rings. The number of nitrogens with zero attached hydrogens (tertiary/aromatic N) is 4. The number of rotatable bonds is 5. The van der Waals surface area contributed by atoms with Crippen molar-refractivity contribution in [2.45, 2.75) is 24.3 Å². The molecule has 0 spiro atoms. The summed E-state index contributed by atoms with van der Waals surface area (Å²) in [5.74, 6) is -0.233. The van der Waals surface area contributed by atoms with E-state index in [9.17, 15) is 9.18 Å². The predicted molar refractivity (Wildman–Crippen MR) is 93.7 cm³/mol. The predicted octanol–water partition coefficient (Wildman–Crippen LogP) is 2.52. The van der Waals surface area contributed by atoms with Crippen LogP contribution >= 0.6 is 11.8 Å². The van der Waals surface area contributed by atoms with Crippen LogP contribution in [0.2, 0.25) is 0 Å². The maximum absolute atomic E-state index is 13.8. The van der Waals surface area contributed by atoms with Crippen molar-refractivity contribution in [3.05, 3.63) is 30.1 Å². The van der Waals surface area contributed by atoms with Crippen LogP contribution in [0.1, 0.15) is 13.8 Å². The maximum Gasteiger partial charge on any atom is 0.277 e. The molecule has 8 heteroatoms. The average molecular weight is 364 g/mol. The first-order chi connectivity index (χ1) is 12.1. The highest BCUT2D eigenvalue weighted by Gasteiger charge is 2.26. The van der Waals surface area contributed by atoms with E-state index in [-0.39, 0.29) is 27.8 Å². The fourth-order valence-electron chi connectivity index (χ4n) is 2.74. The molecular formula is C17H21FN4O2S. The van der Waals surface area contributed by atoms with Crippen molar-refractivity contribution in [1.29, 1.82) is 0 Å². The van der Waals surface area contributed by atoms with Gasteiger partial charge >= 0.3 is 0 Å². The fourth-order valence-corrected chi connectivity index (χ4v) is 3.51. The lowest BCUT2D eigenvalue weighted by Crippen LogP contribution is -2.50. The Morgan fingerprint density at radius 2 is 2.00 bits per heavy atom. The van der Waals surface area contributed by atoms with Crippen LogP contribution in [0.15, 0.2) is 33.9 Å². The Morgan fingerprint density at radius 3 is 2.68 bits per heavy atom. The Hall–Kier alpha value is -1.93. The Balaban J connectivity index is 1.61. The number of benzene rings is 1. The van der Waals surface area contributed by atoms with Gasteiger partial charge in [0.2, 0.25) is 5.91 Å². The molecule has 25 heavy (non-hydrogen) atoms. The SMILES string of the molecule is CCN1CCN(C(=O)[C@@H](C)Sc2nnc(-c3ccccc3F)o2)CC1. The number of amides is 1. The lowest BCUT2D eigenvalue weighted by atomic mass is 10.2. The van der Waals surface area contributed by atoms with E-state index in [4.69, 9.17) is 4.42 Å². The van der Waals surface area contributed by atoms with E-state index in [1.54, 1.807) is 18.2 Å². The molecule has 1 aromatic heterocycles. The van der Waals surface area contributed by atoms with Gasteiger partial charge in [-0.3, -0.25) is 4.79 Å². The minimum absolute atomic E-state index is 0.0615. The van der Waals surface area contributed by atoms with Gasteiger partial charge < -0.3 is 14.2 Å². The number of carbonyl (C=O) groups is 1. The normalized spacial score (nSPS) is 16.8. The topological polar surface area (TPSA) is 62.5 Å². The molecule has 1 aliphatic rings. The van der Waals surface area contributed by atoms with Gasteiger partial charge in [0.25, 0.3) is 11.1 Å². The first-order valence-corrected chi connectivity index (χ1v) is 9.22. The number of aromatic nitrogens is 2. The highest BCUT2D eigenvalue weighted by molar-refractivity contribution is 8.00. The van der Waals surface area contributed by atoms with Crippen LogP contribution in [0.4, 0.5) is 4.39 Å². The van der Waals surface area contributed by atoms with Crippen LogP contribution in [0.5, 0.6) is 0 Å². The first kappa shape index (κ1) is 17.9. The fraction of sp³-hybridized carbons (Fsp3) is 0.471. The lowest BCUT2D eigenvalue weighted by molar-refractivity contribution is -0.132. The second kappa shape index (κ2) is 7.97. The van der Waals surface area contributed by atoms with Crippen molar-refractivity contribution in [3.8, 4) is 11.5 Å². The largest absolute Gasteiger partial charge is 0.411 e. The third kappa shape index (κ3) is 4.19. The zero-order valence-corrected chi connectivity index (χ0v) is 15.1. The van der Waals surface area contributed by atoms with E-state index in [0.717, 1.165) is 32.7 Å². The highest BCUT2D eigenvalue weighted by Crippen LogP contribution is 2.28. The molecule has 0 aliphatic carbocycles. The van der Waals surface area contributed by atoms with Crippen LogP contribution in [0, 0.1) is 5.82 Å². The zero-order chi connectivity index (χ0) is 17.8. The van der Waals surface area contributed by atoms with Crippen molar-refractivity contribution in [2.24, 2.45) is 0 Å². The summed E-state index contributed by atoms with van der Waals surface area (Å²) >= 11 is 1.21. The Morgan fingerprint density at radius 1 is 1.28 bits per heavy atom. The molecular weight excluding hydrogens is 343 g/mol. The van der Waals surface area contributed by atoms with Gasteiger partial charge in [-0.05, 0) is 25.6 Å². The van der Waals surface area contributed by atoms with Gasteiger partial charge in [0.05, 0.1) is 10.8 Å². The minimum Gasteiger partial charge on any atom is -0.411 e. The molecule has 1 aliphatic heterocycles. The van der Waals surface area contributed by atoms with E-state index in [0.29, 0.717) is 0 Å². The van der Waals surface area contributed by atoms with Gasteiger partial charge in [-0.15, -0.1) is 10.2 Å². The molecule has 2 heterocycles. The van der Waals surface area contributed by atoms with E-state index >= 15 is 0 Å². The number of hydrogen-bond acceptors (Lipinski definition) is 6. The van der Waals surface area contributed by atoms with Crippen molar-refractivity contribution < 1.29 is 13.6 Å². The standard InChI is InChI=1S/C17H21FN4O2S/c1-3-21-8-10-22(11-9-21)16(23)12(2)25-17-20-19-15(24-17)13-6-4-5-7-14(13)18/h4-7,12H,3,8-11H2,1-2H3/t12-/m1/s1. The molecule has 1 amide bonds. The van der Waals surface area contributed by atoms with Crippen molar-refractivity contribution in [2.75, 3.05) is 32.7 Å². The molecule has 0 saturated carbocycles. The molecule has 1 atom stereocenters. The van der Waals surface area contributed by atoms with E-state index < -0.39 is 5.82 Å². The smallest absolute Gasteiger partial charge is 0.277 e. The monoisotopic (exact) mass is 364 g/mol. The summed E-state index contributed by atoms with van der Waals surface area (Å²) in [7, 11) is 0. The molecule has 6 nitrogen and oxygen atoms in total. The molecule has 0 N–H and O–H groups in total. The number of likely N-dealkylation sites (N-methyl/N-ethyl adjacent to an activating group) is 1. The quantitative estimate of drug-likeness (QED) is 0.760. The summed E-state index contributed by atoms with van der Waals surface area (Å²) in [6, 6.07) is 6.23. The second-order valence-corrected chi connectivity index (χ2v) is 7.16. The van der Waals surface area contributed by atoms with Gasteiger partial charge in [-0.1, -0.05) is 30.8 Å². The third-order valence-electron chi connectivity index (χ3n) is 4.27. The van der Waals surface area contributed by atoms with Crippen LogP contribution in [-0.4, -0.2) is 63.9 Å². The average Bonchev–Trinajstić information content (AvgIpc) is 3.09. The van der Waals surface area contributed by atoms with Gasteiger partial charge in [-0.25, -0.2) is 4.39 Å². The molecule has 0 unspecified atom stereocenters. The van der Waals surface area contributed by atoms with Crippen LogP contribution in [0.3, 0.4) is 0 Å². The van der Waals surface area contributed by atoms with Crippen molar-refractivity contribution in [1.82, 2.24) is 20.0 Å². The molecule has 0 radical (unpaired) electrons. The summed E-state index contributed by atoms with van der Waals surface area (Å²) in [6.45, 7) is 8.23. The van der Waals surface area contributed by atoms with E-state index in [1.165, 1.54) is 17.8 Å². The summed E-state index contributed by atoms with van der Waals surface area (Å²) in [5.41, 5.74) is 0.261. The maximum atomic E-state index is 13.8. The Labute approximate surface area is 150 Å². The van der Waals surface area contributed by atoms with Crippen molar-refractivity contribution >= 4 is 17.7 Å². The first-order valence-electron chi connectivity index (χ1n) is 8.34. The van der Waals surface area contributed by atoms with Crippen molar-refractivity contribution in [3.63, 3.8) is 0 Å². The van der Waals surface area contributed by atoms with Gasteiger partial charge in [-0.2, -0.15) is 0 Å². The minimum atomic E-state index is -0.416. The molecule has 134 valence electrons. The number of halogens is 1.